The minimum Gasteiger partial charge on any atom is -0.352 e. The molecule has 0 aliphatic carbocycles. The average Bonchev–Trinajstić information content (AvgIpc) is 2.55. The second kappa shape index (κ2) is 7.68. The highest BCUT2D eigenvalue weighted by molar-refractivity contribution is 6.05. The highest BCUT2D eigenvalue weighted by atomic mass is 19.1. The molecule has 0 atom stereocenters. The van der Waals surface area contributed by atoms with E-state index in [1.54, 1.807) is 0 Å². The first-order chi connectivity index (χ1) is 11.4. The molecule has 2 amide bonds. The Morgan fingerprint density at radius 2 is 1.54 bits per heavy atom. The Bertz CT molecular complexity index is 743. The van der Waals surface area contributed by atoms with Crippen molar-refractivity contribution in [3.63, 3.8) is 0 Å². The molecule has 0 bridgehead atoms. The number of nitrogens with one attached hydrogen (secondary N) is 2. The molecular weight excluding hydrogens is 314 g/mol. The van der Waals surface area contributed by atoms with Crippen LogP contribution in [0, 0.1) is 17.6 Å². The van der Waals surface area contributed by atoms with Gasteiger partial charge in [-0.2, -0.15) is 0 Å². The van der Waals surface area contributed by atoms with Gasteiger partial charge in [0.05, 0.1) is 5.69 Å². The van der Waals surface area contributed by atoms with Crippen LogP contribution in [0.25, 0.3) is 0 Å². The second-order valence-electron chi connectivity index (χ2n) is 5.76. The smallest absolute Gasteiger partial charge is 0.255 e. The maximum absolute atomic E-state index is 13.5. The molecule has 2 aromatic rings. The quantitative estimate of drug-likeness (QED) is 0.879. The van der Waals surface area contributed by atoms with Crippen molar-refractivity contribution < 1.29 is 18.4 Å². The van der Waals surface area contributed by atoms with Crippen LogP contribution in [-0.2, 0) is 0 Å². The third-order valence-electron chi connectivity index (χ3n) is 3.26. The highest BCUT2D eigenvalue weighted by Crippen LogP contribution is 2.16. The normalized spacial score (nSPS) is 10.5. The fourth-order valence-corrected chi connectivity index (χ4v) is 1.96. The lowest BCUT2D eigenvalue weighted by molar-refractivity contribution is 0.0947. The Morgan fingerprint density at radius 1 is 0.958 bits per heavy atom. The van der Waals surface area contributed by atoms with Crippen molar-refractivity contribution in [3.05, 3.63) is 65.2 Å². The zero-order chi connectivity index (χ0) is 17.7. The Morgan fingerprint density at radius 3 is 2.08 bits per heavy atom. The maximum Gasteiger partial charge on any atom is 0.255 e. The predicted molar refractivity (Wildman–Crippen MR) is 87.9 cm³/mol. The zero-order valence-corrected chi connectivity index (χ0v) is 13.4. The fraction of sp³-hybridized carbons (Fsp3) is 0.222. The first kappa shape index (κ1) is 17.6. The lowest BCUT2D eigenvalue weighted by Crippen LogP contribution is -2.27. The van der Waals surface area contributed by atoms with E-state index in [-0.39, 0.29) is 17.2 Å². The summed E-state index contributed by atoms with van der Waals surface area (Å²) in [6, 6.07) is 8.88. The molecule has 0 saturated heterocycles. The van der Waals surface area contributed by atoms with Gasteiger partial charge in [0, 0.05) is 23.7 Å². The van der Waals surface area contributed by atoms with Gasteiger partial charge in [0.15, 0.2) is 0 Å². The van der Waals surface area contributed by atoms with Gasteiger partial charge in [-0.15, -0.1) is 0 Å². The average molecular weight is 332 g/mol. The Balaban J connectivity index is 2.04. The van der Waals surface area contributed by atoms with Crippen molar-refractivity contribution in [1.82, 2.24) is 5.32 Å². The van der Waals surface area contributed by atoms with Crippen molar-refractivity contribution in [2.75, 3.05) is 11.9 Å². The zero-order valence-electron chi connectivity index (χ0n) is 13.4. The standard InChI is InChI=1S/C18H18F2N2O2/c1-11(2)10-21-17(23)12-3-5-13(6-4-12)18(24)22-16-8-7-14(19)9-15(16)20/h3-9,11H,10H2,1-2H3,(H,21,23)(H,22,24). The predicted octanol–water partition coefficient (Wildman–Crippen LogP) is 3.60. The molecule has 2 rings (SSSR count). The first-order valence-electron chi connectivity index (χ1n) is 7.51. The molecule has 0 aliphatic rings. The molecule has 0 saturated carbocycles. The molecule has 0 heterocycles. The van der Waals surface area contributed by atoms with Crippen LogP contribution >= 0.6 is 0 Å². The van der Waals surface area contributed by atoms with Crippen molar-refractivity contribution in [3.8, 4) is 0 Å². The number of hydrogen-bond acceptors (Lipinski definition) is 2. The molecule has 6 heteroatoms. The molecule has 0 fully saturated rings. The molecule has 0 aliphatic heterocycles. The largest absolute Gasteiger partial charge is 0.352 e. The van der Waals surface area contributed by atoms with E-state index in [9.17, 15) is 18.4 Å². The van der Waals surface area contributed by atoms with Crippen LogP contribution in [0.1, 0.15) is 34.6 Å². The maximum atomic E-state index is 13.5. The number of carbonyl (C=O) groups excluding carboxylic acids is 2. The second-order valence-corrected chi connectivity index (χ2v) is 5.76. The van der Waals surface area contributed by atoms with Crippen molar-refractivity contribution in [2.24, 2.45) is 5.92 Å². The SMILES string of the molecule is CC(C)CNC(=O)c1ccc(C(=O)Nc2ccc(F)cc2F)cc1. The van der Waals surface area contributed by atoms with E-state index in [1.807, 2.05) is 13.8 Å². The molecular formula is C18H18F2N2O2. The summed E-state index contributed by atoms with van der Waals surface area (Å²) in [4.78, 5) is 24.0. The van der Waals surface area contributed by atoms with E-state index in [0.29, 0.717) is 24.1 Å². The van der Waals surface area contributed by atoms with Gasteiger partial charge in [0.2, 0.25) is 0 Å². The molecule has 0 unspecified atom stereocenters. The van der Waals surface area contributed by atoms with Gasteiger partial charge in [0.1, 0.15) is 11.6 Å². The minimum atomic E-state index is -0.854. The summed E-state index contributed by atoms with van der Waals surface area (Å²) in [5.41, 5.74) is 0.583. The molecule has 4 nitrogen and oxygen atoms in total. The topological polar surface area (TPSA) is 58.2 Å². The number of rotatable bonds is 5. The van der Waals surface area contributed by atoms with Crippen LogP contribution in [0.3, 0.4) is 0 Å². The molecule has 0 spiro atoms. The molecule has 0 radical (unpaired) electrons. The summed E-state index contributed by atoms with van der Waals surface area (Å²) in [7, 11) is 0. The third kappa shape index (κ3) is 4.62. The van der Waals surface area contributed by atoms with Crippen LogP contribution in [-0.4, -0.2) is 18.4 Å². The molecule has 126 valence electrons. The van der Waals surface area contributed by atoms with E-state index in [2.05, 4.69) is 10.6 Å². The van der Waals surface area contributed by atoms with Crippen molar-refractivity contribution in [2.45, 2.75) is 13.8 Å². The Hall–Kier alpha value is -2.76. The number of benzene rings is 2. The van der Waals surface area contributed by atoms with Crippen molar-refractivity contribution >= 4 is 17.5 Å². The molecule has 0 aromatic heterocycles. The van der Waals surface area contributed by atoms with E-state index in [4.69, 9.17) is 0 Å². The lowest BCUT2D eigenvalue weighted by atomic mass is 10.1. The number of carbonyl (C=O) groups is 2. The van der Waals surface area contributed by atoms with Crippen LogP contribution in [0.15, 0.2) is 42.5 Å². The van der Waals surface area contributed by atoms with Gasteiger partial charge in [-0.25, -0.2) is 8.78 Å². The molecule has 2 aromatic carbocycles. The highest BCUT2D eigenvalue weighted by Gasteiger charge is 2.12. The van der Waals surface area contributed by atoms with Crippen LogP contribution in [0.2, 0.25) is 0 Å². The minimum absolute atomic E-state index is 0.111. The summed E-state index contributed by atoms with van der Waals surface area (Å²) in [5.74, 6) is -2.00. The number of amides is 2. The van der Waals surface area contributed by atoms with E-state index in [0.717, 1.165) is 12.1 Å². The van der Waals surface area contributed by atoms with Gasteiger partial charge in [-0.1, -0.05) is 13.8 Å². The first-order valence-corrected chi connectivity index (χ1v) is 7.51. The number of anilines is 1. The van der Waals surface area contributed by atoms with Gasteiger partial charge in [-0.3, -0.25) is 9.59 Å². The third-order valence-corrected chi connectivity index (χ3v) is 3.26. The van der Waals surface area contributed by atoms with Gasteiger partial charge < -0.3 is 10.6 Å². The van der Waals surface area contributed by atoms with Crippen LogP contribution < -0.4 is 10.6 Å². The number of halogens is 2. The summed E-state index contributed by atoms with van der Waals surface area (Å²) in [6.07, 6.45) is 0. The van der Waals surface area contributed by atoms with E-state index < -0.39 is 17.5 Å². The monoisotopic (exact) mass is 332 g/mol. The Kier molecular flexibility index (Phi) is 5.63. The summed E-state index contributed by atoms with van der Waals surface area (Å²) < 4.78 is 26.4. The van der Waals surface area contributed by atoms with Crippen LogP contribution in [0.4, 0.5) is 14.5 Å². The van der Waals surface area contributed by atoms with E-state index >= 15 is 0 Å². The summed E-state index contributed by atoms with van der Waals surface area (Å²) in [6.45, 7) is 4.54. The van der Waals surface area contributed by atoms with Crippen molar-refractivity contribution in [1.29, 1.82) is 0 Å². The van der Waals surface area contributed by atoms with Gasteiger partial charge in [0.25, 0.3) is 11.8 Å². The Labute approximate surface area is 138 Å². The number of hydrogen-bond donors (Lipinski definition) is 2. The molecule has 24 heavy (non-hydrogen) atoms. The van der Waals surface area contributed by atoms with Gasteiger partial charge in [-0.05, 0) is 42.3 Å². The fourth-order valence-electron chi connectivity index (χ4n) is 1.96. The lowest BCUT2D eigenvalue weighted by Gasteiger charge is -2.09. The van der Waals surface area contributed by atoms with E-state index in [1.165, 1.54) is 24.3 Å². The van der Waals surface area contributed by atoms with Gasteiger partial charge >= 0.3 is 0 Å². The van der Waals surface area contributed by atoms with Crippen LogP contribution in [0.5, 0.6) is 0 Å². The summed E-state index contributed by atoms with van der Waals surface area (Å²) in [5, 5.41) is 5.14. The molecule has 2 N–H and O–H groups in total. The summed E-state index contributed by atoms with van der Waals surface area (Å²) >= 11 is 0.